The molecule has 0 aromatic heterocycles. The molecular formula is C7H12O3. The van der Waals surface area contributed by atoms with Gasteiger partial charge in [-0.1, -0.05) is 6.92 Å². The van der Waals surface area contributed by atoms with Crippen LogP contribution in [0, 0.1) is 11.3 Å². The second kappa shape index (κ2) is 2.82. The summed E-state index contributed by atoms with van der Waals surface area (Å²) in [6, 6.07) is 0. The molecule has 0 amide bonds. The van der Waals surface area contributed by atoms with Crippen molar-refractivity contribution < 1.29 is 14.7 Å². The summed E-state index contributed by atoms with van der Waals surface area (Å²) >= 11 is 0. The first kappa shape index (κ1) is 9.14. The first-order valence-electron chi connectivity index (χ1n) is 3.11. The van der Waals surface area contributed by atoms with E-state index in [4.69, 9.17) is 5.11 Å². The molecule has 1 N–H and O–H groups in total. The number of hydrogen-bond acceptors (Lipinski definition) is 2. The Labute approximate surface area is 60.0 Å². The molecule has 1 unspecified atom stereocenters. The topological polar surface area (TPSA) is 54.4 Å². The van der Waals surface area contributed by atoms with Crippen molar-refractivity contribution in [2.45, 2.75) is 20.8 Å². The molecular weight excluding hydrogens is 132 g/mol. The molecule has 3 nitrogen and oxygen atoms in total. The highest BCUT2D eigenvalue weighted by Crippen LogP contribution is 2.24. The molecule has 0 spiro atoms. The predicted octanol–water partition coefficient (Wildman–Crippen LogP) is 0.932. The lowest BCUT2D eigenvalue weighted by Crippen LogP contribution is -2.31. The molecule has 10 heavy (non-hydrogen) atoms. The molecule has 0 saturated heterocycles. The van der Waals surface area contributed by atoms with Crippen molar-refractivity contribution >= 4 is 12.3 Å². The molecule has 0 aliphatic carbocycles. The van der Waals surface area contributed by atoms with Crippen LogP contribution in [0.2, 0.25) is 0 Å². The van der Waals surface area contributed by atoms with Crippen LogP contribution in [0.5, 0.6) is 0 Å². The Kier molecular flexibility index (Phi) is 2.57. The zero-order valence-corrected chi connectivity index (χ0v) is 6.42. The van der Waals surface area contributed by atoms with Crippen LogP contribution in [0.25, 0.3) is 0 Å². The van der Waals surface area contributed by atoms with Crippen LogP contribution in [0.1, 0.15) is 20.8 Å². The fourth-order valence-electron chi connectivity index (χ4n) is 0.365. The second-order valence-corrected chi connectivity index (χ2v) is 2.95. The lowest BCUT2D eigenvalue weighted by atomic mass is 9.81. The largest absolute Gasteiger partial charge is 0.481 e. The van der Waals surface area contributed by atoms with Crippen molar-refractivity contribution in [3.63, 3.8) is 0 Å². The third-order valence-electron chi connectivity index (χ3n) is 1.89. The minimum atomic E-state index is -0.943. The maximum atomic E-state index is 10.5. The average Bonchev–Trinajstić information content (AvgIpc) is 1.86. The van der Waals surface area contributed by atoms with E-state index < -0.39 is 17.3 Å². The number of aldehydes is 1. The summed E-state index contributed by atoms with van der Waals surface area (Å²) in [6.07, 6.45) is 0.661. The lowest BCUT2D eigenvalue weighted by Gasteiger charge is -2.21. The van der Waals surface area contributed by atoms with Crippen molar-refractivity contribution in [1.29, 1.82) is 0 Å². The molecule has 0 aliphatic heterocycles. The summed E-state index contributed by atoms with van der Waals surface area (Å²) in [7, 11) is 0. The van der Waals surface area contributed by atoms with Crippen molar-refractivity contribution in [2.75, 3.05) is 0 Å². The van der Waals surface area contributed by atoms with Crippen LogP contribution in [-0.4, -0.2) is 17.4 Å². The maximum Gasteiger partial charge on any atom is 0.309 e. The van der Waals surface area contributed by atoms with Gasteiger partial charge in [0.05, 0.1) is 5.41 Å². The third-order valence-corrected chi connectivity index (χ3v) is 1.89. The molecule has 0 saturated carbocycles. The molecule has 0 aromatic carbocycles. The summed E-state index contributed by atoms with van der Waals surface area (Å²) in [5.41, 5.74) is -0.943. The van der Waals surface area contributed by atoms with E-state index in [0.29, 0.717) is 6.29 Å². The molecule has 3 heteroatoms. The lowest BCUT2D eigenvalue weighted by molar-refractivity contribution is -0.151. The van der Waals surface area contributed by atoms with Gasteiger partial charge in [0.15, 0.2) is 0 Å². The highest BCUT2D eigenvalue weighted by molar-refractivity contribution is 5.78. The van der Waals surface area contributed by atoms with Gasteiger partial charge in [0, 0.05) is 5.92 Å². The summed E-state index contributed by atoms with van der Waals surface area (Å²) < 4.78 is 0. The van der Waals surface area contributed by atoms with Gasteiger partial charge in [0.2, 0.25) is 0 Å². The smallest absolute Gasteiger partial charge is 0.309 e. The summed E-state index contributed by atoms with van der Waals surface area (Å²) in [5, 5.41) is 8.58. The van der Waals surface area contributed by atoms with Crippen molar-refractivity contribution in [1.82, 2.24) is 0 Å². The van der Waals surface area contributed by atoms with Crippen LogP contribution < -0.4 is 0 Å². The van der Waals surface area contributed by atoms with E-state index in [2.05, 4.69) is 0 Å². The molecule has 0 fully saturated rings. The van der Waals surface area contributed by atoms with Crippen LogP contribution in [0.15, 0.2) is 0 Å². The van der Waals surface area contributed by atoms with Crippen LogP contribution in [0.4, 0.5) is 0 Å². The number of carbonyl (C=O) groups is 2. The first-order chi connectivity index (χ1) is 4.42. The van der Waals surface area contributed by atoms with Crippen molar-refractivity contribution in [3.8, 4) is 0 Å². The van der Waals surface area contributed by atoms with Crippen molar-refractivity contribution in [2.24, 2.45) is 11.3 Å². The predicted molar refractivity (Wildman–Crippen MR) is 36.6 cm³/mol. The van der Waals surface area contributed by atoms with Gasteiger partial charge in [-0.25, -0.2) is 0 Å². The third kappa shape index (κ3) is 1.56. The summed E-state index contributed by atoms with van der Waals surface area (Å²) in [6.45, 7) is 4.67. The standard InChI is InChI=1S/C7H12O3/c1-5(4-8)7(2,3)6(9)10/h4-5H,1-3H3,(H,9,10). The average molecular weight is 144 g/mol. The van der Waals surface area contributed by atoms with E-state index in [-0.39, 0.29) is 0 Å². The van der Waals surface area contributed by atoms with Gasteiger partial charge in [0.1, 0.15) is 6.29 Å². The zero-order valence-electron chi connectivity index (χ0n) is 6.42. The molecule has 1 atom stereocenters. The van der Waals surface area contributed by atoms with E-state index in [1.54, 1.807) is 6.92 Å². The van der Waals surface area contributed by atoms with Gasteiger partial charge in [0.25, 0.3) is 0 Å². The number of carboxylic acid groups (broad SMARTS) is 1. The van der Waals surface area contributed by atoms with Gasteiger partial charge >= 0.3 is 5.97 Å². The monoisotopic (exact) mass is 144 g/mol. The fourth-order valence-corrected chi connectivity index (χ4v) is 0.365. The van der Waals surface area contributed by atoms with Crippen LogP contribution >= 0.6 is 0 Å². The molecule has 0 bridgehead atoms. The molecule has 0 radical (unpaired) electrons. The van der Waals surface area contributed by atoms with Gasteiger partial charge in [-0.3, -0.25) is 4.79 Å². The highest BCUT2D eigenvalue weighted by atomic mass is 16.4. The van der Waals surface area contributed by atoms with E-state index in [0.717, 1.165) is 0 Å². The molecule has 0 aromatic rings. The summed E-state index contributed by atoms with van der Waals surface area (Å²) in [4.78, 5) is 20.7. The quantitative estimate of drug-likeness (QED) is 0.599. The highest BCUT2D eigenvalue weighted by Gasteiger charge is 2.33. The molecule has 0 aliphatic rings. The number of rotatable bonds is 3. The number of hydrogen-bond donors (Lipinski definition) is 1. The van der Waals surface area contributed by atoms with E-state index in [1.165, 1.54) is 13.8 Å². The molecule has 58 valence electrons. The normalized spacial score (nSPS) is 14.3. The van der Waals surface area contributed by atoms with Crippen LogP contribution in [-0.2, 0) is 9.59 Å². The SMILES string of the molecule is CC(C=O)C(C)(C)C(=O)O. The number of carbonyl (C=O) groups excluding carboxylic acids is 1. The van der Waals surface area contributed by atoms with Gasteiger partial charge in [-0.05, 0) is 13.8 Å². The van der Waals surface area contributed by atoms with Gasteiger partial charge < -0.3 is 9.90 Å². The minimum absolute atomic E-state index is 0.440. The Balaban J connectivity index is 4.38. The van der Waals surface area contributed by atoms with Gasteiger partial charge in [-0.2, -0.15) is 0 Å². The molecule has 0 rings (SSSR count). The number of aliphatic carboxylic acids is 1. The second-order valence-electron chi connectivity index (χ2n) is 2.95. The van der Waals surface area contributed by atoms with Gasteiger partial charge in [-0.15, -0.1) is 0 Å². The fraction of sp³-hybridized carbons (Fsp3) is 0.714. The van der Waals surface area contributed by atoms with Crippen LogP contribution in [0.3, 0.4) is 0 Å². The Hall–Kier alpha value is -0.860. The van der Waals surface area contributed by atoms with E-state index in [9.17, 15) is 9.59 Å². The van der Waals surface area contributed by atoms with Crippen molar-refractivity contribution in [3.05, 3.63) is 0 Å². The van der Waals surface area contributed by atoms with E-state index in [1.807, 2.05) is 0 Å². The number of carboxylic acids is 1. The maximum absolute atomic E-state index is 10.5. The minimum Gasteiger partial charge on any atom is -0.481 e. The van der Waals surface area contributed by atoms with E-state index >= 15 is 0 Å². The summed E-state index contributed by atoms with van der Waals surface area (Å²) in [5.74, 6) is -1.38. The molecule has 0 heterocycles. The first-order valence-corrected chi connectivity index (χ1v) is 3.11. The Morgan fingerprint density at radius 1 is 1.60 bits per heavy atom. The zero-order chi connectivity index (χ0) is 8.36. The Morgan fingerprint density at radius 2 is 2.00 bits per heavy atom. The Bertz CT molecular complexity index is 149. The Morgan fingerprint density at radius 3 is 2.10 bits per heavy atom.